The van der Waals surface area contributed by atoms with Crippen LogP contribution in [-0.2, 0) is 19.9 Å². The molecule has 0 saturated carbocycles. The third kappa shape index (κ3) is 4.01. The summed E-state index contributed by atoms with van der Waals surface area (Å²) in [5, 5.41) is 19.1. The molecule has 0 bridgehead atoms. The Hall–Kier alpha value is -1.53. The summed E-state index contributed by atoms with van der Waals surface area (Å²) in [5.74, 6) is -2.32. The molecule has 0 radical (unpaired) electrons. The number of benzene rings is 1. The predicted octanol–water partition coefficient (Wildman–Crippen LogP) is -1.20. The van der Waals surface area contributed by atoms with E-state index in [9.17, 15) is 26.7 Å². The number of hydrogen-bond donors (Lipinski definition) is 3. The largest absolute Gasteiger partial charge is 0.478 e. The summed E-state index contributed by atoms with van der Waals surface area (Å²) in [6.45, 7) is 1.22. The van der Waals surface area contributed by atoms with E-state index in [1.54, 1.807) is 0 Å². The fourth-order valence-electron chi connectivity index (χ4n) is 2.81. The zero-order valence-electron chi connectivity index (χ0n) is 13.5. The van der Waals surface area contributed by atoms with Gasteiger partial charge in [-0.1, -0.05) is 6.07 Å². The van der Waals surface area contributed by atoms with Crippen molar-refractivity contribution in [2.45, 2.75) is 24.0 Å². The average molecular weight is 392 g/mol. The molecule has 1 aromatic rings. The number of carbonyl (C=O) groups is 1. The molecule has 1 aliphatic rings. The molecule has 140 valence electrons. The SMILES string of the molecule is Cc1ccc(C(=O)O)cc1S(=O)(=O)N(CCN)[C@H]1CS(=O)(=O)C[C@@H]1O. The van der Waals surface area contributed by atoms with Crippen molar-refractivity contribution in [2.24, 2.45) is 5.73 Å². The van der Waals surface area contributed by atoms with Crippen LogP contribution in [0.5, 0.6) is 0 Å². The van der Waals surface area contributed by atoms with Crippen LogP contribution in [0.25, 0.3) is 0 Å². The summed E-state index contributed by atoms with van der Waals surface area (Å²) in [6.07, 6.45) is -1.37. The summed E-state index contributed by atoms with van der Waals surface area (Å²) in [6, 6.07) is 2.50. The van der Waals surface area contributed by atoms with Gasteiger partial charge in [0.25, 0.3) is 0 Å². The second kappa shape index (κ2) is 7.00. The molecule has 1 heterocycles. The van der Waals surface area contributed by atoms with Gasteiger partial charge in [0.2, 0.25) is 10.0 Å². The zero-order valence-corrected chi connectivity index (χ0v) is 15.1. The van der Waals surface area contributed by atoms with Gasteiger partial charge in [0.05, 0.1) is 34.1 Å². The number of nitrogens with zero attached hydrogens (tertiary/aromatic N) is 1. The smallest absolute Gasteiger partial charge is 0.335 e. The van der Waals surface area contributed by atoms with Gasteiger partial charge in [-0.2, -0.15) is 4.31 Å². The third-order valence-corrected chi connectivity index (χ3v) is 7.80. The van der Waals surface area contributed by atoms with Crippen molar-refractivity contribution in [1.82, 2.24) is 4.31 Å². The molecule has 25 heavy (non-hydrogen) atoms. The first kappa shape index (κ1) is 19.8. The minimum atomic E-state index is -4.25. The Balaban J connectivity index is 2.54. The number of sulfone groups is 1. The molecule has 1 fully saturated rings. The lowest BCUT2D eigenvalue weighted by molar-refractivity contribution is 0.0696. The Bertz CT molecular complexity index is 880. The van der Waals surface area contributed by atoms with Gasteiger partial charge in [0, 0.05) is 13.1 Å². The van der Waals surface area contributed by atoms with Crippen molar-refractivity contribution in [3.05, 3.63) is 29.3 Å². The van der Waals surface area contributed by atoms with Crippen LogP contribution in [0.1, 0.15) is 15.9 Å². The van der Waals surface area contributed by atoms with Crippen LogP contribution >= 0.6 is 0 Å². The van der Waals surface area contributed by atoms with E-state index in [0.717, 1.165) is 10.4 Å². The number of nitrogens with two attached hydrogens (primary N) is 1. The van der Waals surface area contributed by atoms with Gasteiger partial charge < -0.3 is 15.9 Å². The van der Waals surface area contributed by atoms with Crippen LogP contribution in [0.15, 0.2) is 23.1 Å². The maximum Gasteiger partial charge on any atom is 0.335 e. The van der Waals surface area contributed by atoms with Crippen LogP contribution in [0.4, 0.5) is 0 Å². The molecule has 0 unspecified atom stereocenters. The van der Waals surface area contributed by atoms with Crippen LogP contribution < -0.4 is 5.73 Å². The number of aliphatic hydroxyl groups is 1. The molecule has 2 atom stereocenters. The van der Waals surface area contributed by atoms with E-state index in [4.69, 9.17) is 10.8 Å². The molecule has 9 nitrogen and oxygen atoms in total. The number of carboxylic acid groups (broad SMARTS) is 1. The van der Waals surface area contributed by atoms with E-state index in [1.165, 1.54) is 19.1 Å². The molecule has 1 aliphatic heterocycles. The van der Waals surface area contributed by atoms with Crippen LogP contribution in [0.3, 0.4) is 0 Å². The summed E-state index contributed by atoms with van der Waals surface area (Å²) in [4.78, 5) is 10.9. The first-order valence-electron chi connectivity index (χ1n) is 7.44. The quantitative estimate of drug-likeness (QED) is 0.545. The molecular formula is C14H20N2O7S2. The minimum Gasteiger partial charge on any atom is -0.478 e. The van der Waals surface area contributed by atoms with Crippen LogP contribution in [0, 0.1) is 6.92 Å². The van der Waals surface area contributed by atoms with Crippen molar-refractivity contribution >= 4 is 25.8 Å². The maximum absolute atomic E-state index is 13.0. The fourth-order valence-corrected chi connectivity index (χ4v) is 6.63. The van der Waals surface area contributed by atoms with Gasteiger partial charge in [-0.15, -0.1) is 0 Å². The molecule has 2 rings (SSSR count). The van der Waals surface area contributed by atoms with Gasteiger partial charge >= 0.3 is 5.97 Å². The second-order valence-electron chi connectivity index (χ2n) is 5.90. The monoisotopic (exact) mass is 392 g/mol. The van der Waals surface area contributed by atoms with Gasteiger partial charge in [-0.3, -0.25) is 0 Å². The number of aliphatic hydroxyl groups excluding tert-OH is 1. The average Bonchev–Trinajstić information content (AvgIpc) is 2.77. The van der Waals surface area contributed by atoms with Crippen molar-refractivity contribution < 1.29 is 31.8 Å². The van der Waals surface area contributed by atoms with Gasteiger partial charge in [-0.25, -0.2) is 21.6 Å². The molecule has 0 aliphatic carbocycles. The van der Waals surface area contributed by atoms with Crippen molar-refractivity contribution in [3.63, 3.8) is 0 Å². The van der Waals surface area contributed by atoms with E-state index in [0.29, 0.717) is 5.56 Å². The van der Waals surface area contributed by atoms with Crippen molar-refractivity contribution in [2.75, 3.05) is 24.6 Å². The maximum atomic E-state index is 13.0. The lowest BCUT2D eigenvalue weighted by Gasteiger charge is -2.29. The van der Waals surface area contributed by atoms with E-state index in [1.807, 2.05) is 0 Å². The Kier molecular flexibility index (Phi) is 5.54. The highest BCUT2D eigenvalue weighted by Crippen LogP contribution is 2.27. The number of sulfonamides is 1. The number of rotatable bonds is 6. The van der Waals surface area contributed by atoms with Gasteiger partial charge in [-0.05, 0) is 24.6 Å². The van der Waals surface area contributed by atoms with Gasteiger partial charge in [0.1, 0.15) is 0 Å². The molecule has 1 saturated heterocycles. The van der Waals surface area contributed by atoms with E-state index < -0.39 is 49.5 Å². The first-order chi connectivity index (χ1) is 11.5. The summed E-state index contributed by atoms with van der Waals surface area (Å²) < 4.78 is 50.4. The number of aryl methyl sites for hydroxylation is 1. The number of aromatic carboxylic acids is 1. The predicted molar refractivity (Wildman–Crippen MR) is 89.5 cm³/mol. The Morgan fingerprint density at radius 3 is 2.48 bits per heavy atom. The normalized spacial score (nSPS) is 23.0. The molecule has 0 aromatic heterocycles. The molecule has 0 amide bonds. The number of carboxylic acids is 1. The number of hydrogen-bond acceptors (Lipinski definition) is 7. The topological polar surface area (TPSA) is 155 Å². The lowest BCUT2D eigenvalue weighted by atomic mass is 10.1. The Morgan fingerprint density at radius 1 is 1.36 bits per heavy atom. The molecule has 0 spiro atoms. The summed E-state index contributed by atoms with van der Waals surface area (Å²) in [5.41, 5.74) is 5.57. The molecule has 11 heteroatoms. The fraction of sp³-hybridized carbons (Fsp3) is 0.500. The highest BCUT2D eigenvalue weighted by Gasteiger charge is 2.44. The molecule has 1 aromatic carbocycles. The minimum absolute atomic E-state index is 0.0832. The Labute approximate surface area is 146 Å². The van der Waals surface area contributed by atoms with Crippen molar-refractivity contribution in [3.8, 4) is 0 Å². The highest BCUT2D eigenvalue weighted by molar-refractivity contribution is 7.92. The standard InChI is InChI=1S/C14H20N2O7S2/c1-9-2-3-10(14(18)19)6-13(9)25(22,23)16(5-4-15)11-7-24(20,21)8-12(11)17/h2-3,6,11-12,17H,4-5,7-8,15H2,1H3,(H,18,19)/t11-,12-/m0/s1. The van der Waals surface area contributed by atoms with Crippen molar-refractivity contribution in [1.29, 1.82) is 0 Å². The lowest BCUT2D eigenvalue weighted by Crippen LogP contribution is -2.48. The summed E-state index contributed by atoms with van der Waals surface area (Å²) in [7, 11) is -7.82. The van der Waals surface area contributed by atoms with Crippen LogP contribution in [0.2, 0.25) is 0 Å². The second-order valence-corrected chi connectivity index (χ2v) is 9.91. The first-order valence-corrected chi connectivity index (χ1v) is 10.7. The Morgan fingerprint density at radius 2 is 2.00 bits per heavy atom. The molecule has 4 N–H and O–H groups in total. The van der Waals surface area contributed by atoms with E-state index in [-0.39, 0.29) is 23.5 Å². The highest BCUT2D eigenvalue weighted by atomic mass is 32.2. The zero-order chi connectivity index (χ0) is 19.0. The summed E-state index contributed by atoms with van der Waals surface area (Å²) >= 11 is 0. The third-order valence-electron chi connectivity index (χ3n) is 4.03. The molecular weight excluding hydrogens is 372 g/mol. The van der Waals surface area contributed by atoms with E-state index in [2.05, 4.69) is 0 Å². The van der Waals surface area contributed by atoms with Gasteiger partial charge in [0.15, 0.2) is 9.84 Å². The van der Waals surface area contributed by atoms with Crippen LogP contribution in [-0.4, -0.2) is 74.1 Å². The van der Waals surface area contributed by atoms with E-state index >= 15 is 0 Å².